The predicted molar refractivity (Wildman–Crippen MR) is 57.2 cm³/mol. The molecular weight excluding hydrogens is 204 g/mol. The Balaban J connectivity index is 2.41. The number of rotatable bonds is 0. The lowest BCUT2D eigenvalue weighted by atomic mass is 10.1. The van der Waals surface area contributed by atoms with Crippen LogP contribution < -0.4 is 5.73 Å². The number of nitrogen functional groups attached to an aromatic ring is 1. The van der Waals surface area contributed by atoms with Gasteiger partial charge >= 0.3 is 0 Å². The fraction of sp³-hybridized carbons (Fsp3) is 0.182. The molecule has 78 valence electrons. The largest absolute Gasteiger partial charge is 0.383 e. The average Bonchev–Trinajstić information content (AvgIpc) is 2.78. The first-order valence-electron chi connectivity index (χ1n) is 4.84. The van der Waals surface area contributed by atoms with E-state index in [9.17, 15) is 0 Å². The first kappa shape index (κ1) is 9.07. The number of anilines is 1. The summed E-state index contributed by atoms with van der Waals surface area (Å²) >= 11 is 0. The second-order valence-electron chi connectivity index (χ2n) is 3.65. The molecule has 0 aliphatic carbocycles. The number of nitriles is 1. The van der Waals surface area contributed by atoms with Crippen LogP contribution in [0.5, 0.6) is 0 Å². The fourth-order valence-electron chi connectivity index (χ4n) is 1.94. The third kappa shape index (κ3) is 1.14. The lowest BCUT2D eigenvalue weighted by Gasteiger charge is -2.05. The van der Waals surface area contributed by atoms with Crippen molar-refractivity contribution in [1.82, 2.24) is 9.97 Å². The second kappa shape index (κ2) is 3.15. The Morgan fingerprint density at radius 2 is 2.19 bits per heavy atom. The van der Waals surface area contributed by atoms with Crippen molar-refractivity contribution in [3.63, 3.8) is 0 Å². The van der Waals surface area contributed by atoms with Crippen LogP contribution in [-0.4, -0.2) is 9.97 Å². The molecule has 2 N–H and O–H groups in total. The molecule has 0 amide bonds. The Bertz CT molecular complexity index is 630. The van der Waals surface area contributed by atoms with Crippen molar-refractivity contribution in [2.24, 2.45) is 0 Å². The molecule has 2 aromatic rings. The van der Waals surface area contributed by atoms with E-state index in [1.54, 1.807) is 12.3 Å². The summed E-state index contributed by atoms with van der Waals surface area (Å²) in [6.45, 7) is 1.02. The van der Waals surface area contributed by atoms with Crippen LogP contribution in [0.15, 0.2) is 12.3 Å². The van der Waals surface area contributed by atoms with Crippen molar-refractivity contribution in [2.45, 2.75) is 13.2 Å². The zero-order valence-electron chi connectivity index (χ0n) is 8.40. The summed E-state index contributed by atoms with van der Waals surface area (Å²) in [4.78, 5) is 8.22. The molecule has 5 heteroatoms. The first-order valence-corrected chi connectivity index (χ1v) is 4.84. The fourth-order valence-corrected chi connectivity index (χ4v) is 1.94. The van der Waals surface area contributed by atoms with Crippen LogP contribution in [0.25, 0.3) is 10.9 Å². The van der Waals surface area contributed by atoms with E-state index in [1.807, 2.05) is 6.07 Å². The van der Waals surface area contributed by atoms with Crippen molar-refractivity contribution in [3.05, 3.63) is 29.1 Å². The number of nitrogens with zero attached hydrogens (tertiary/aromatic N) is 3. The number of ether oxygens (including phenoxy) is 1. The van der Waals surface area contributed by atoms with Crippen LogP contribution >= 0.6 is 0 Å². The zero-order valence-corrected chi connectivity index (χ0v) is 8.40. The smallest absolute Gasteiger partial charge is 0.141 e. The summed E-state index contributed by atoms with van der Waals surface area (Å²) in [6, 6.07) is 3.75. The molecule has 0 atom stereocenters. The van der Waals surface area contributed by atoms with E-state index >= 15 is 0 Å². The van der Waals surface area contributed by atoms with Crippen LogP contribution in [0.2, 0.25) is 0 Å². The second-order valence-corrected chi connectivity index (χ2v) is 3.65. The highest BCUT2D eigenvalue weighted by molar-refractivity contribution is 5.86. The number of fused-ring (bicyclic) bond motifs is 3. The highest BCUT2D eigenvalue weighted by atomic mass is 16.5. The van der Waals surface area contributed by atoms with E-state index in [1.165, 1.54) is 0 Å². The molecule has 0 aromatic carbocycles. The number of hydrogen-bond donors (Lipinski definition) is 1. The Morgan fingerprint density at radius 3 is 3.00 bits per heavy atom. The van der Waals surface area contributed by atoms with Gasteiger partial charge in [-0.3, -0.25) is 0 Å². The maximum absolute atomic E-state index is 8.81. The van der Waals surface area contributed by atoms with Gasteiger partial charge in [-0.25, -0.2) is 9.97 Å². The molecule has 0 radical (unpaired) electrons. The van der Waals surface area contributed by atoms with Gasteiger partial charge in [-0.05, 0) is 11.6 Å². The molecule has 1 aliphatic rings. The molecule has 0 bridgehead atoms. The van der Waals surface area contributed by atoms with Crippen molar-refractivity contribution in [2.75, 3.05) is 5.73 Å². The van der Waals surface area contributed by atoms with E-state index in [2.05, 4.69) is 9.97 Å². The lowest BCUT2D eigenvalue weighted by molar-refractivity contribution is 0.135. The molecule has 2 aromatic heterocycles. The summed E-state index contributed by atoms with van der Waals surface area (Å²) in [5, 5.41) is 9.72. The molecule has 0 spiro atoms. The highest BCUT2D eigenvalue weighted by Gasteiger charge is 2.19. The van der Waals surface area contributed by atoms with Gasteiger partial charge in [-0.2, -0.15) is 5.26 Å². The molecule has 1 aliphatic heterocycles. The third-order valence-electron chi connectivity index (χ3n) is 2.73. The van der Waals surface area contributed by atoms with Gasteiger partial charge in [0.25, 0.3) is 0 Å². The monoisotopic (exact) mass is 212 g/mol. The zero-order chi connectivity index (χ0) is 11.1. The Kier molecular flexibility index (Phi) is 1.79. The number of pyridine rings is 2. The van der Waals surface area contributed by atoms with E-state index in [0.717, 1.165) is 16.5 Å². The maximum atomic E-state index is 8.81. The van der Waals surface area contributed by atoms with Gasteiger partial charge in [0.05, 0.1) is 24.9 Å². The molecule has 5 nitrogen and oxygen atoms in total. The minimum Gasteiger partial charge on any atom is -0.383 e. The standard InChI is InChI=1S/C11H8N4O/c12-2-6-1-7-8-4-16-5-9(8)11(13)15-10(7)3-14-6/h1,3H,4-5H2,(H2,13,15). The summed E-state index contributed by atoms with van der Waals surface area (Å²) in [6.07, 6.45) is 1.57. The Labute approximate surface area is 91.5 Å². The first-order chi connectivity index (χ1) is 7.79. The highest BCUT2D eigenvalue weighted by Crippen LogP contribution is 2.30. The topological polar surface area (TPSA) is 84.8 Å². The molecular formula is C11H8N4O. The summed E-state index contributed by atoms with van der Waals surface area (Å²) in [5.74, 6) is 0.492. The van der Waals surface area contributed by atoms with Gasteiger partial charge in [0.15, 0.2) is 0 Å². The van der Waals surface area contributed by atoms with Crippen molar-refractivity contribution < 1.29 is 4.74 Å². The number of nitrogens with two attached hydrogens (primary N) is 1. The van der Waals surface area contributed by atoms with Crippen LogP contribution in [0.3, 0.4) is 0 Å². The van der Waals surface area contributed by atoms with Crippen molar-refractivity contribution in [3.8, 4) is 6.07 Å². The summed E-state index contributed by atoms with van der Waals surface area (Å²) < 4.78 is 5.35. The Hall–Kier alpha value is -2.19. The lowest BCUT2D eigenvalue weighted by Crippen LogP contribution is -1.99. The van der Waals surface area contributed by atoms with Gasteiger partial charge in [0.1, 0.15) is 17.6 Å². The maximum Gasteiger partial charge on any atom is 0.141 e. The quantitative estimate of drug-likeness (QED) is 0.707. The summed E-state index contributed by atoms with van der Waals surface area (Å²) in [5.41, 5.74) is 8.88. The molecule has 0 unspecified atom stereocenters. The minimum absolute atomic E-state index is 0.383. The SMILES string of the molecule is N#Cc1cc2c3c(c(N)nc2cn1)COC3. The van der Waals surface area contributed by atoms with Gasteiger partial charge in [-0.15, -0.1) is 0 Å². The van der Waals surface area contributed by atoms with E-state index < -0.39 is 0 Å². The van der Waals surface area contributed by atoms with Crippen LogP contribution in [0.1, 0.15) is 16.8 Å². The van der Waals surface area contributed by atoms with E-state index in [-0.39, 0.29) is 0 Å². The van der Waals surface area contributed by atoms with Crippen LogP contribution in [0.4, 0.5) is 5.82 Å². The van der Waals surface area contributed by atoms with Gasteiger partial charge in [0.2, 0.25) is 0 Å². The minimum atomic E-state index is 0.383. The average molecular weight is 212 g/mol. The molecule has 0 saturated heterocycles. The molecule has 0 saturated carbocycles. The molecule has 3 rings (SSSR count). The van der Waals surface area contributed by atoms with Crippen molar-refractivity contribution >= 4 is 16.7 Å². The summed E-state index contributed by atoms with van der Waals surface area (Å²) in [7, 11) is 0. The molecule has 0 fully saturated rings. The van der Waals surface area contributed by atoms with Crippen LogP contribution in [0, 0.1) is 11.3 Å². The van der Waals surface area contributed by atoms with Crippen molar-refractivity contribution in [1.29, 1.82) is 5.26 Å². The van der Waals surface area contributed by atoms with E-state index in [0.29, 0.717) is 30.2 Å². The number of aromatic nitrogens is 2. The predicted octanol–water partition coefficient (Wildman–Crippen LogP) is 1.11. The number of hydrogen-bond acceptors (Lipinski definition) is 5. The third-order valence-corrected chi connectivity index (χ3v) is 2.73. The molecule has 3 heterocycles. The van der Waals surface area contributed by atoms with Gasteiger partial charge in [-0.1, -0.05) is 0 Å². The van der Waals surface area contributed by atoms with E-state index in [4.69, 9.17) is 15.7 Å². The Morgan fingerprint density at radius 1 is 1.38 bits per heavy atom. The van der Waals surface area contributed by atoms with Crippen LogP contribution in [-0.2, 0) is 18.0 Å². The molecule has 16 heavy (non-hydrogen) atoms. The van der Waals surface area contributed by atoms with Gasteiger partial charge in [0, 0.05) is 10.9 Å². The van der Waals surface area contributed by atoms with Gasteiger partial charge < -0.3 is 10.5 Å². The normalized spacial score (nSPS) is 13.7.